The molecule has 4 heterocycles. The number of aromatic nitrogens is 4. The summed E-state index contributed by atoms with van der Waals surface area (Å²) in [6.07, 6.45) is 9.82. The van der Waals surface area contributed by atoms with E-state index in [1.165, 1.54) is 40.0 Å². The zero-order valence-electron chi connectivity index (χ0n) is 31.0. The van der Waals surface area contributed by atoms with Gasteiger partial charge in [-0.15, -0.1) is 0 Å². The van der Waals surface area contributed by atoms with Crippen LogP contribution >= 0.6 is 0 Å². The predicted octanol–water partition coefficient (Wildman–Crippen LogP) is 12.7. The SMILES string of the molecule is CC(C)c1c[nH]cc1C(C)C.CC(C)c1cc[nH]c1C(C)C.CC(C)c1cc[nH]c1C(C)C.CC(C)c1ncoc1C(C)C. The molecule has 0 aromatic carbocycles. The molecule has 4 aromatic heterocycles. The van der Waals surface area contributed by atoms with Crippen molar-refractivity contribution in [2.24, 2.45) is 0 Å². The van der Waals surface area contributed by atoms with Gasteiger partial charge in [0, 0.05) is 42.1 Å². The van der Waals surface area contributed by atoms with Gasteiger partial charge < -0.3 is 19.4 Å². The third-order valence-corrected chi connectivity index (χ3v) is 7.77. The number of oxazole rings is 1. The van der Waals surface area contributed by atoms with Crippen LogP contribution in [-0.4, -0.2) is 19.9 Å². The summed E-state index contributed by atoms with van der Waals surface area (Å²) < 4.78 is 5.28. The van der Waals surface area contributed by atoms with Gasteiger partial charge in [0.05, 0.1) is 5.69 Å². The summed E-state index contributed by atoms with van der Waals surface area (Å²) in [4.78, 5) is 13.9. The van der Waals surface area contributed by atoms with E-state index in [4.69, 9.17) is 4.42 Å². The molecule has 248 valence electrons. The molecule has 0 aliphatic rings. The van der Waals surface area contributed by atoms with Crippen molar-refractivity contribution in [1.29, 1.82) is 0 Å². The Kier molecular flexibility index (Phi) is 16.7. The highest BCUT2D eigenvalue weighted by Crippen LogP contribution is 2.27. The summed E-state index contributed by atoms with van der Waals surface area (Å²) in [6, 6.07) is 4.36. The summed E-state index contributed by atoms with van der Waals surface area (Å²) in [5, 5.41) is 0. The molecule has 5 heteroatoms. The molecular formula is C39H66N4O. The van der Waals surface area contributed by atoms with E-state index in [9.17, 15) is 0 Å². The van der Waals surface area contributed by atoms with Gasteiger partial charge in [-0.05, 0) is 75.8 Å². The van der Waals surface area contributed by atoms with Crippen LogP contribution in [0.1, 0.15) is 203 Å². The first-order valence-corrected chi connectivity index (χ1v) is 16.9. The van der Waals surface area contributed by atoms with Crippen molar-refractivity contribution in [1.82, 2.24) is 19.9 Å². The molecule has 4 rings (SSSR count). The van der Waals surface area contributed by atoms with Gasteiger partial charge in [0.15, 0.2) is 6.39 Å². The summed E-state index contributed by atoms with van der Waals surface area (Å²) in [6.45, 7) is 35.2. The first kappa shape index (κ1) is 39.1. The molecule has 0 spiro atoms. The van der Waals surface area contributed by atoms with Crippen LogP contribution in [0, 0.1) is 0 Å². The van der Waals surface area contributed by atoms with Crippen LogP contribution in [0.25, 0.3) is 0 Å². The van der Waals surface area contributed by atoms with Crippen molar-refractivity contribution in [3.05, 3.63) is 88.4 Å². The molecule has 0 saturated carbocycles. The van der Waals surface area contributed by atoms with Gasteiger partial charge in [-0.3, -0.25) is 0 Å². The van der Waals surface area contributed by atoms with Crippen molar-refractivity contribution >= 4 is 0 Å². The van der Waals surface area contributed by atoms with Gasteiger partial charge in [-0.1, -0.05) is 111 Å². The average molecular weight is 607 g/mol. The number of aromatic amines is 3. The number of hydrogen-bond donors (Lipinski definition) is 3. The molecule has 44 heavy (non-hydrogen) atoms. The Morgan fingerprint density at radius 1 is 0.477 bits per heavy atom. The summed E-state index contributed by atoms with van der Waals surface area (Å²) >= 11 is 0. The highest BCUT2D eigenvalue weighted by atomic mass is 16.3. The van der Waals surface area contributed by atoms with E-state index in [0.29, 0.717) is 47.3 Å². The van der Waals surface area contributed by atoms with Crippen LogP contribution in [0.15, 0.2) is 47.7 Å². The molecule has 0 atom stereocenters. The van der Waals surface area contributed by atoms with Crippen molar-refractivity contribution in [3.63, 3.8) is 0 Å². The van der Waals surface area contributed by atoms with Crippen LogP contribution in [0.2, 0.25) is 0 Å². The second-order valence-corrected chi connectivity index (χ2v) is 14.4. The van der Waals surface area contributed by atoms with Crippen molar-refractivity contribution in [3.8, 4) is 0 Å². The summed E-state index contributed by atoms with van der Waals surface area (Å²) in [5.74, 6) is 5.71. The Labute approximate surface area is 270 Å². The van der Waals surface area contributed by atoms with E-state index in [1.54, 1.807) is 0 Å². The lowest BCUT2D eigenvalue weighted by molar-refractivity contribution is 0.476. The minimum Gasteiger partial charge on any atom is -0.448 e. The number of rotatable bonds is 8. The zero-order valence-corrected chi connectivity index (χ0v) is 31.0. The molecule has 0 unspecified atom stereocenters. The molecule has 0 aliphatic heterocycles. The smallest absolute Gasteiger partial charge is 0.181 e. The Bertz CT molecular complexity index is 1000. The van der Waals surface area contributed by atoms with E-state index in [2.05, 4.69) is 155 Å². The van der Waals surface area contributed by atoms with Gasteiger partial charge in [0.1, 0.15) is 5.76 Å². The molecule has 0 aliphatic carbocycles. The third kappa shape index (κ3) is 11.9. The number of hydrogen-bond acceptors (Lipinski definition) is 2. The highest BCUT2D eigenvalue weighted by Gasteiger charge is 2.14. The van der Waals surface area contributed by atoms with Gasteiger partial charge >= 0.3 is 0 Å². The van der Waals surface area contributed by atoms with Gasteiger partial charge in [-0.25, -0.2) is 4.98 Å². The molecule has 0 bridgehead atoms. The monoisotopic (exact) mass is 607 g/mol. The molecule has 0 amide bonds. The highest BCUT2D eigenvalue weighted by molar-refractivity contribution is 5.29. The van der Waals surface area contributed by atoms with Crippen molar-refractivity contribution in [2.75, 3.05) is 0 Å². The number of nitrogens with one attached hydrogen (secondary N) is 3. The van der Waals surface area contributed by atoms with Gasteiger partial charge in [-0.2, -0.15) is 0 Å². The van der Waals surface area contributed by atoms with Gasteiger partial charge in [0.2, 0.25) is 0 Å². The van der Waals surface area contributed by atoms with Crippen molar-refractivity contribution < 1.29 is 4.42 Å². The minimum absolute atomic E-state index is 0.440. The minimum atomic E-state index is 0.440. The largest absolute Gasteiger partial charge is 0.448 e. The molecule has 4 aromatic rings. The number of nitrogens with zero attached hydrogens (tertiary/aromatic N) is 1. The summed E-state index contributed by atoms with van der Waals surface area (Å²) in [7, 11) is 0. The zero-order chi connectivity index (χ0) is 33.7. The molecule has 5 nitrogen and oxygen atoms in total. The predicted molar refractivity (Wildman–Crippen MR) is 192 cm³/mol. The van der Waals surface area contributed by atoms with E-state index in [0.717, 1.165) is 11.5 Å². The lowest BCUT2D eigenvalue weighted by atomic mass is 9.95. The molecule has 0 saturated heterocycles. The standard InChI is InChI=1S/3C10H17N.C9H15NO/c1-7(2)9-5-11-6-10(9)8(3)4;2*1-7(2)9-5-6-11-10(9)8(3)4;1-6(2)8-9(7(3)4)11-5-10-8/h3*5-8,11H,1-4H3;5-7H,1-4H3. The maximum absolute atomic E-state index is 5.28. The first-order chi connectivity index (χ1) is 20.5. The maximum Gasteiger partial charge on any atom is 0.181 e. The average Bonchev–Trinajstić information content (AvgIpc) is 3.75. The first-order valence-electron chi connectivity index (χ1n) is 16.9. The van der Waals surface area contributed by atoms with Crippen LogP contribution in [0.5, 0.6) is 0 Å². The Hall–Kier alpha value is -2.95. The fourth-order valence-electron chi connectivity index (χ4n) is 5.31. The fraction of sp³-hybridized carbons (Fsp3) is 0.615. The maximum atomic E-state index is 5.28. The molecular weight excluding hydrogens is 540 g/mol. The van der Waals surface area contributed by atoms with E-state index in [1.807, 2.05) is 12.4 Å². The fourth-order valence-corrected chi connectivity index (χ4v) is 5.31. The number of H-pyrrole nitrogens is 3. The van der Waals surface area contributed by atoms with E-state index >= 15 is 0 Å². The molecule has 0 radical (unpaired) electrons. The normalized spacial score (nSPS) is 11.5. The summed E-state index contributed by atoms with van der Waals surface area (Å²) in [5.41, 5.74) is 9.71. The van der Waals surface area contributed by atoms with E-state index in [-0.39, 0.29) is 0 Å². The lowest BCUT2D eigenvalue weighted by Crippen LogP contribution is -1.95. The topological polar surface area (TPSA) is 73.4 Å². The van der Waals surface area contributed by atoms with Crippen LogP contribution < -0.4 is 0 Å². The van der Waals surface area contributed by atoms with Crippen LogP contribution in [0.4, 0.5) is 0 Å². The quantitative estimate of drug-likeness (QED) is 0.187. The molecule has 3 N–H and O–H groups in total. The van der Waals surface area contributed by atoms with Crippen LogP contribution in [-0.2, 0) is 0 Å². The van der Waals surface area contributed by atoms with Gasteiger partial charge in [0.25, 0.3) is 0 Å². The molecule has 0 fully saturated rings. The van der Waals surface area contributed by atoms with Crippen molar-refractivity contribution in [2.45, 2.75) is 158 Å². The van der Waals surface area contributed by atoms with Crippen LogP contribution in [0.3, 0.4) is 0 Å². The second kappa shape index (κ2) is 18.8. The van der Waals surface area contributed by atoms with E-state index < -0.39 is 0 Å². The Balaban J connectivity index is 0.000000293. The lowest BCUT2D eigenvalue weighted by Gasteiger charge is -2.09. The Morgan fingerprint density at radius 3 is 1.11 bits per heavy atom. The Morgan fingerprint density at radius 2 is 0.864 bits per heavy atom. The third-order valence-electron chi connectivity index (χ3n) is 7.77. The second-order valence-electron chi connectivity index (χ2n) is 14.4.